The van der Waals surface area contributed by atoms with E-state index in [1.54, 1.807) is 19.1 Å². The fraction of sp³-hybridized carbons (Fsp3) is 0.462. The molecule has 1 fully saturated rings. The number of amides is 1. The van der Waals surface area contributed by atoms with Gasteiger partial charge in [0.1, 0.15) is 12.1 Å². The Balaban J connectivity index is 2.22. The van der Waals surface area contributed by atoms with E-state index in [1.807, 2.05) is 0 Å². The molecule has 108 valence electrons. The number of carbonyl (C=O) groups is 1. The van der Waals surface area contributed by atoms with Crippen LogP contribution in [-0.4, -0.2) is 23.0 Å². The van der Waals surface area contributed by atoms with Gasteiger partial charge < -0.3 is 16.2 Å². The second kappa shape index (κ2) is 5.09. The van der Waals surface area contributed by atoms with E-state index in [2.05, 4.69) is 0 Å². The smallest absolute Gasteiger partial charge is 0.311 e. The van der Waals surface area contributed by atoms with Gasteiger partial charge in [-0.1, -0.05) is 12.1 Å². The maximum Gasteiger partial charge on any atom is 0.311 e. The monoisotopic (exact) mass is 279 g/mol. The molecule has 0 spiro atoms. The molecule has 1 aromatic rings. The highest BCUT2D eigenvalue weighted by Crippen LogP contribution is 2.39. The minimum Gasteiger partial charge on any atom is -0.484 e. The minimum atomic E-state index is -1.27. The lowest BCUT2D eigenvalue weighted by molar-refractivity contribution is -0.386. The summed E-state index contributed by atoms with van der Waals surface area (Å²) in [5.41, 5.74) is 10.5. The Hall–Kier alpha value is -2.15. The fourth-order valence-electron chi connectivity index (χ4n) is 2.15. The lowest BCUT2D eigenvalue weighted by Crippen LogP contribution is -2.58. The van der Waals surface area contributed by atoms with Gasteiger partial charge in [0.2, 0.25) is 5.91 Å². The molecule has 0 heterocycles. The van der Waals surface area contributed by atoms with E-state index in [1.165, 1.54) is 6.07 Å². The molecule has 0 saturated heterocycles. The van der Waals surface area contributed by atoms with Crippen LogP contribution in [0, 0.1) is 23.0 Å². The van der Waals surface area contributed by atoms with E-state index >= 15 is 0 Å². The van der Waals surface area contributed by atoms with E-state index in [-0.39, 0.29) is 24.0 Å². The summed E-state index contributed by atoms with van der Waals surface area (Å²) in [6, 6.07) is 4.62. The third-order valence-corrected chi connectivity index (χ3v) is 3.61. The van der Waals surface area contributed by atoms with Crippen molar-refractivity contribution in [2.45, 2.75) is 25.3 Å². The number of rotatable bonds is 6. The summed E-state index contributed by atoms with van der Waals surface area (Å²) in [5.74, 6) is -0.520. The van der Waals surface area contributed by atoms with Crippen LogP contribution in [-0.2, 0) is 4.79 Å². The normalized spacial score (nSPS) is 17.3. The molecule has 0 bridgehead atoms. The average Bonchev–Trinajstić information content (AvgIpc) is 3.20. The number of primary amides is 1. The Morgan fingerprint density at radius 3 is 2.70 bits per heavy atom. The molecule has 20 heavy (non-hydrogen) atoms. The van der Waals surface area contributed by atoms with Gasteiger partial charge in [-0.05, 0) is 31.2 Å². The van der Waals surface area contributed by atoms with Crippen molar-refractivity contribution >= 4 is 11.6 Å². The molecule has 0 radical (unpaired) electrons. The van der Waals surface area contributed by atoms with Gasteiger partial charge >= 0.3 is 5.69 Å². The van der Waals surface area contributed by atoms with Gasteiger partial charge in [0.25, 0.3) is 0 Å². The predicted molar refractivity (Wildman–Crippen MR) is 72.2 cm³/mol. The van der Waals surface area contributed by atoms with E-state index in [0.29, 0.717) is 5.56 Å². The van der Waals surface area contributed by atoms with Gasteiger partial charge in [0.15, 0.2) is 5.75 Å². The van der Waals surface area contributed by atoms with Gasteiger partial charge in [0.05, 0.1) is 4.92 Å². The molecule has 4 N–H and O–H groups in total. The number of ether oxygens (including phenoxy) is 1. The zero-order chi connectivity index (χ0) is 14.9. The van der Waals surface area contributed by atoms with Crippen LogP contribution in [0.1, 0.15) is 18.4 Å². The summed E-state index contributed by atoms with van der Waals surface area (Å²) >= 11 is 0. The number of nitrogens with two attached hydrogens (primary N) is 2. The van der Waals surface area contributed by atoms with Crippen molar-refractivity contribution in [3.8, 4) is 5.75 Å². The maximum absolute atomic E-state index is 11.5. The molecule has 1 unspecified atom stereocenters. The summed E-state index contributed by atoms with van der Waals surface area (Å²) in [7, 11) is 0. The van der Waals surface area contributed by atoms with Crippen LogP contribution in [0.4, 0.5) is 5.69 Å². The van der Waals surface area contributed by atoms with Crippen molar-refractivity contribution in [1.29, 1.82) is 0 Å². The van der Waals surface area contributed by atoms with E-state index < -0.39 is 16.4 Å². The molecule has 2 rings (SSSR count). The Bertz CT molecular complexity index is 557. The molecule has 1 aromatic carbocycles. The van der Waals surface area contributed by atoms with Crippen molar-refractivity contribution in [3.05, 3.63) is 33.9 Å². The molecular formula is C13H17N3O4. The number of nitro benzene ring substituents is 1. The molecule has 1 amide bonds. The first-order valence-electron chi connectivity index (χ1n) is 6.32. The van der Waals surface area contributed by atoms with Gasteiger partial charge in [-0.25, -0.2) is 0 Å². The fourth-order valence-corrected chi connectivity index (χ4v) is 2.15. The summed E-state index contributed by atoms with van der Waals surface area (Å²) in [4.78, 5) is 22.0. The molecule has 7 nitrogen and oxygen atoms in total. The van der Waals surface area contributed by atoms with E-state index in [4.69, 9.17) is 16.2 Å². The Kier molecular flexibility index (Phi) is 3.63. The molecule has 1 aliphatic rings. The third-order valence-electron chi connectivity index (χ3n) is 3.61. The highest BCUT2D eigenvalue weighted by atomic mass is 16.6. The first-order valence-corrected chi connectivity index (χ1v) is 6.32. The first kappa shape index (κ1) is 14.3. The summed E-state index contributed by atoms with van der Waals surface area (Å²) in [6.07, 6.45) is 1.64. The number of carbonyl (C=O) groups excluding carboxylic acids is 1. The number of para-hydroxylation sites is 1. The van der Waals surface area contributed by atoms with Crippen molar-refractivity contribution < 1.29 is 14.5 Å². The van der Waals surface area contributed by atoms with Gasteiger partial charge in [-0.3, -0.25) is 14.9 Å². The number of hydrogen-bond donors (Lipinski definition) is 2. The zero-order valence-electron chi connectivity index (χ0n) is 11.2. The van der Waals surface area contributed by atoms with Gasteiger partial charge in [-0.15, -0.1) is 0 Å². The minimum absolute atomic E-state index is 0.0110. The third kappa shape index (κ3) is 2.57. The van der Waals surface area contributed by atoms with Gasteiger partial charge in [0, 0.05) is 6.07 Å². The van der Waals surface area contributed by atoms with Crippen molar-refractivity contribution in [2.24, 2.45) is 17.4 Å². The molecule has 1 atom stereocenters. The van der Waals surface area contributed by atoms with Crippen molar-refractivity contribution in [1.82, 2.24) is 0 Å². The van der Waals surface area contributed by atoms with Crippen LogP contribution in [0.3, 0.4) is 0 Å². The van der Waals surface area contributed by atoms with Crippen LogP contribution in [0.2, 0.25) is 0 Å². The number of nitro groups is 1. The molecule has 0 aliphatic heterocycles. The lowest BCUT2D eigenvalue weighted by atomic mass is 9.95. The summed E-state index contributed by atoms with van der Waals surface area (Å²) in [5, 5.41) is 11.0. The van der Waals surface area contributed by atoms with Crippen molar-refractivity contribution in [2.75, 3.05) is 6.61 Å². The predicted octanol–water partition coefficient (Wildman–Crippen LogP) is 0.875. The van der Waals surface area contributed by atoms with Crippen LogP contribution < -0.4 is 16.2 Å². The molecule has 0 aromatic heterocycles. The second-order valence-electron chi connectivity index (χ2n) is 5.15. The molecular weight excluding hydrogens is 262 g/mol. The van der Waals surface area contributed by atoms with Gasteiger partial charge in [-0.2, -0.15) is 0 Å². The van der Waals surface area contributed by atoms with Crippen LogP contribution in [0.15, 0.2) is 18.2 Å². The largest absolute Gasteiger partial charge is 0.484 e. The Labute approximate surface area is 116 Å². The number of nitrogens with zero attached hydrogens (tertiary/aromatic N) is 1. The maximum atomic E-state index is 11.5. The lowest BCUT2D eigenvalue weighted by Gasteiger charge is -2.26. The number of benzene rings is 1. The van der Waals surface area contributed by atoms with E-state index in [9.17, 15) is 14.9 Å². The summed E-state index contributed by atoms with van der Waals surface area (Å²) < 4.78 is 5.49. The SMILES string of the molecule is Cc1cccc([N+](=O)[O-])c1OCC(N)(C(N)=O)C1CC1. The number of hydrogen-bond acceptors (Lipinski definition) is 5. The average molecular weight is 279 g/mol. The topological polar surface area (TPSA) is 121 Å². The quantitative estimate of drug-likeness (QED) is 0.591. The Morgan fingerprint density at radius 1 is 1.55 bits per heavy atom. The van der Waals surface area contributed by atoms with E-state index in [0.717, 1.165) is 12.8 Å². The molecule has 1 aliphatic carbocycles. The molecule has 7 heteroatoms. The summed E-state index contributed by atoms with van der Waals surface area (Å²) in [6.45, 7) is 1.54. The van der Waals surface area contributed by atoms with Crippen molar-refractivity contribution in [3.63, 3.8) is 0 Å². The highest BCUT2D eigenvalue weighted by Gasteiger charge is 2.48. The van der Waals surface area contributed by atoms with Crippen LogP contribution in [0.25, 0.3) is 0 Å². The Morgan fingerprint density at radius 2 is 2.20 bits per heavy atom. The standard InChI is InChI=1S/C13H17N3O4/c1-8-3-2-4-10(16(18)19)11(8)20-7-13(15,12(14)17)9-5-6-9/h2-4,9H,5-7,15H2,1H3,(H2,14,17). The highest BCUT2D eigenvalue weighted by molar-refractivity contribution is 5.85. The van der Waals surface area contributed by atoms with Crippen LogP contribution in [0.5, 0.6) is 5.75 Å². The number of aryl methyl sites for hydroxylation is 1. The second-order valence-corrected chi connectivity index (χ2v) is 5.15. The first-order chi connectivity index (χ1) is 9.36. The zero-order valence-corrected chi connectivity index (χ0v) is 11.2. The van der Waals surface area contributed by atoms with Crippen LogP contribution >= 0.6 is 0 Å². The molecule has 1 saturated carbocycles.